The molecule has 2 aromatic heterocycles. The summed E-state index contributed by atoms with van der Waals surface area (Å²) in [6.07, 6.45) is 3.67. The molecule has 0 aliphatic carbocycles. The van der Waals surface area contributed by atoms with Crippen LogP contribution in [0.15, 0.2) is 67.0 Å². The minimum atomic E-state index is 0.0772. The van der Waals surface area contributed by atoms with Gasteiger partial charge in [-0.3, -0.25) is 9.67 Å². The Kier molecular flexibility index (Phi) is 3.76. The van der Waals surface area contributed by atoms with Gasteiger partial charge >= 0.3 is 0 Å². The SMILES string of the molecule is OCCn1ccc(-c2cccc(-c3cnc4ccccc4n3)c2)n1. The quantitative estimate of drug-likeness (QED) is 0.628. The van der Waals surface area contributed by atoms with E-state index in [-0.39, 0.29) is 6.61 Å². The number of para-hydroxylation sites is 2. The van der Waals surface area contributed by atoms with Crippen LogP contribution in [0.3, 0.4) is 0 Å². The predicted molar refractivity (Wildman–Crippen MR) is 93.3 cm³/mol. The first-order valence-corrected chi connectivity index (χ1v) is 7.80. The average Bonchev–Trinajstić information content (AvgIpc) is 3.10. The number of aliphatic hydroxyl groups is 1. The zero-order valence-corrected chi connectivity index (χ0v) is 13.0. The van der Waals surface area contributed by atoms with Crippen LogP contribution in [0.4, 0.5) is 0 Å². The van der Waals surface area contributed by atoms with E-state index < -0.39 is 0 Å². The minimum absolute atomic E-state index is 0.0772. The summed E-state index contributed by atoms with van der Waals surface area (Å²) in [6, 6.07) is 17.9. The smallest absolute Gasteiger partial charge is 0.0923 e. The summed E-state index contributed by atoms with van der Waals surface area (Å²) in [5.74, 6) is 0. The highest BCUT2D eigenvalue weighted by atomic mass is 16.3. The number of aliphatic hydroxyl groups excluding tert-OH is 1. The van der Waals surface area contributed by atoms with Crippen molar-refractivity contribution >= 4 is 11.0 Å². The lowest BCUT2D eigenvalue weighted by Gasteiger charge is -2.05. The molecule has 2 aromatic carbocycles. The van der Waals surface area contributed by atoms with E-state index in [1.165, 1.54) is 0 Å². The Labute approximate surface area is 139 Å². The summed E-state index contributed by atoms with van der Waals surface area (Å²) >= 11 is 0. The lowest BCUT2D eigenvalue weighted by atomic mass is 10.1. The Morgan fingerprint density at radius 3 is 2.50 bits per heavy atom. The Hall–Kier alpha value is -3.05. The molecule has 0 atom stereocenters. The maximum absolute atomic E-state index is 9.00. The fraction of sp³-hybridized carbons (Fsp3) is 0.105. The van der Waals surface area contributed by atoms with Crippen LogP contribution in [-0.4, -0.2) is 31.5 Å². The Morgan fingerprint density at radius 1 is 0.875 bits per heavy atom. The molecule has 2 heterocycles. The van der Waals surface area contributed by atoms with Crippen molar-refractivity contribution in [3.05, 3.63) is 67.0 Å². The van der Waals surface area contributed by atoms with Crippen molar-refractivity contribution in [3.8, 4) is 22.5 Å². The lowest BCUT2D eigenvalue weighted by molar-refractivity contribution is 0.269. The fourth-order valence-corrected chi connectivity index (χ4v) is 2.68. The van der Waals surface area contributed by atoms with E-state index in [2.05, 4.69) is 16.1 Å². The van der Waals surface area contributed by atoms with Gasteiger partial charge in [0.1, 0.15) is 0 Å². The maximum atomic E-state index is 9.00. The summed E-state index contributed by atoms with van der Waals surface area (Å²) in [7, 11) is 0. The van der Waals surface area contributed by atoms with E-state index in [0.29, 0.717) is 6.54 Å². The second kappa shape index (κ2) is 6.22. The number of nitrogens with zero attached hydrogens (tertiary/aromatic N) is 4. The molecule has 0 saturated carbocycles. The molecule has 0 amide bonds. The van der Waals surface area contributed by atoms with Gasteiger partial charge in [-0.05, 0) is 24.3 Å². The van der Waals surface area contributed by atoms with Gasteiger partial charge in [-0.1, -0.05) is 30.3 Å². The molecule has 0 spiro atoms. The molecular formula is C19H16N4O. The third-order valence-corrected chi connectivity index (χ3v) is 3.87. The summed E-state index contributed by atoms with van der Waals surface area (Å²) in [6.45, 7) is 0.573. The normalized spacial score (nSPS) is 11.0. The number of aromatic nitrogens is 4. The minimum Gasteiger partial charge on any atom is -0.394 e. The van der Waals surface area contributed by atoms with Gasteiger partial charge in [0, 0.05) is 17.3 Å². The zero-order chi connectivity index (χ0) is 16.4. The van der Waals surface area contributed by atoms with Gasteiger partial charge in [-0.2, -0.15) is 5.10 Å². The molecule has 0 saturated heterocycles. The van der Waals surface area contributed by atoms with Crippen molar-refractivity contribution in [3.63, 3.8) is 0 Å². The topological polar surface area (TPSA) is 63.8 Å². The van der Waals surface area contributed by atoms with Crippen LogP contribution in [-0.2, 0) is 6.54 Å². The van der Waals surface area contributed by atoms with Gasteiger partial charge in [-0.15, -0.1) is 0 Å². The van der Waals surface area contributed by atoms with Gasteiger partial charge in [0.25, 0.3) is 0 Å². The van der Waals surface area contributed by atoms with E-state index in [1.54, 1.807) is 10.9 Å². The Bertz CT molecular complexity index is 993. The maximum Gasteiger partial charge on any atom is 0.0923 e. The number of rotatable bonds is 4. The van der Waals surface area contributed by atoms with Crippen molar-refractivity contribution in [2.24, 2.45) is 0 Å². The van der Waals surface area contributed by atoms with E-state index >= 15 is 0 Å². The molecule has 0 aliphatic heterocycles. The first-order valence-electron chi connectivity index (χ1n) is 7.80. The average molecular weight is 316 g/mol. The van der Waals surface area contributed by atoms with Crippen LogP contribution in [0, 0.1) is 0 Å². The molecule has 0 fully saturated rings. The highest BCUT2D eigenvalue weighted by Crippen LogP contribution is 2.25. The standard InChI is InChI=1S/C19H16N4O/c24-11-10-23-9-8-16(22-23)14-4-3-5-15(12-14)19-13-20-17-6-1-2-7-18(17)21-19/h1-9,12-13,24H,10-11H2. The second-order valence-electron chi connectivity index (χ2n) is 5.51. The number of fused-ring (bicyclic) bond motifs is 1. The summed E-state index contributed by atoms with van der Waals surface area (Å²) < 4.78 is 1.73. The molecule has 0 radical (unpaired) electrons. The lowest BCUT2D eigenvalue weighted by Crippen LogP contribution is -2.02. The van der Waals surface area contributed by atoms with E-state index in [1.807, 2.05) is 54.7 Å². The second-order valence-corrected chi connectivity index (χ2v) is 5.51. The van der Waals surface area contributed by atoms with Gasteiger partial charge in [0.2, 0.25) is 0 Å². The third kappa shape index (κ3) is 2.77. The molecule has 118 valence electrons. The fourth-order valence-electron chi connectivity index (χ4n) is 2.68. The van der Waals surface area contributed by atoms with Crippen LogP contribution in [0.5, 0.6) is 0 Å². The first kappa shape index (κ1) is 14.5. The van der Waals surface area contributed by atoms with Crippen LogP contribution >= 0.6 is 0 Å². The van der Waals surface area contributed by atoms with Gasteiger partial charge < -0.3 is 5.11 Å². The molecule has 1 N–H and O–H groups in total. The van der Waals surface area contributed by atoms with Crippen molar-refractivity contribution in [1.82, 2.24) is 19.7 Å². The largest absolute Gasteiger partial charge is 0.394 e. The molecule has 0 unspecified atom stereocenters. The van der Waals surface area contributed by atoms with E-state index in [9.17, 15) is 0 Å². The molecule has 4 aromatic rings. The monoisotopic (exact) mass is 316 g/mol. The molecule has 0 aliphatic rings. The van der Waals surface area contributed by atoms with Crippen LogP contribution < -0.4 is 0 Å². The van der Waals surface area contributed by atoms with Gasteiger partial charge in [0.05, 0.1) is 41.8 Å². The van der Waals surface area contributed by atoms with Crippen LogP contribution in [0.25, 0.3) is 33.5 Å². The number of hydrogen-bond acceptors (Lipinski definition) is 4. The highest BCUT2D eigenvalue weighted by Gasteiger charge is 2.07. The third-order valence-electron chi connectivity index (χ3n) is 3.87. The number of benzene rings is 2. The molecule has 0 bridgehead atoms. The van der Waals surface area contributed by atoms with Crippen molar-refractivity contribution in [2.45, 2.75) is 6.54 Å². The molecule has 5 nitrogen and oxygen atoms in total. The van der Waals surface area contributed by atoms with Gasteiger partial charge in [0.15, 0.2) is 0 Å². The zero-order valence-electron chi connectivity index (χ0n) is 13.0. The summed E-state index contributed by atoms with van der Waals surface area (Å²) in [5.41, 5.74) is 5.50. The van der Waals surface area contributed by atoms with Crippen molar-refractivity contribution in [2.75, 3.05) is 6.61 Å². The van der Waals surface area contributed by atoms with E-state index in [4.69, 9.17) is 10.1 Å². The van der Waals surface area contributed by atoms with Crippen molar-refractivity contribution < 1.29 is 5.11 Å². The van der Waals surface area contributed by atoms with E-state index in [0.717, 1.165) is 33.5 Å². The Morgan fingerprint density at radius 2 is 1.67 bits per heavy atom. The number of hydrogen-bond donors (Lipinski definition) is 1. The molecule has 4 rings (SSSR count). The first-order chi connectivity index (χ1) is 11.8. The summed E-state index contributed by atoms with van der Waals surface area (Å²) in [4.78, 5) is 9.17. The Balaban J connectivity index is 1.72. The predicted octanol–water partition coefficient (Wildman–Crippen LogP) is 3.15. The molecule has 24 heavy (non-hydrogen) atoms. The molecule has 5 heteroatoms. The van der Waals surface area contributed by atoms with Crippen LogP contribution in [0.2, 0.25) is 0 Å². The molecular weight excluding hydrogens is 300 g/mol. The van der Waals surface area contributed by atoms with Crippen LogP contribution in [0.1, 0.15) is 0 Å². The highest BCUT2D eigenvalue weighted by molar-refractivity contribution is 5.78. The van der Waals surface area contributed by atoms with Gasteiger partial charge in [-0.25, -0.2) is 4.98 Å². The van der Waals surface area contributed by atoms with Crippen molar-refractivity contribution in [1.29, 1.82) is 0 Å². The summed E-state index contributed by atoms with van der Waals surface area (Å²) in [5, 5.41) is 13.5.